The van der Waals surface area contributed by atoms with Gasteiger partial charge >= 0.3 is 0 Å². The fourth-order valence-electron chi connectivity index (χ4n) is 2.63. The van der Waals surface area contributed by atoms with Crippen molar-refractivity contribution >= 4 is 5.91 Å². The summed E-state index contributed by atoms with van der Waals surface area (Å²) in [5.74, 6) is 0.114. The topological polar surface area (TPSA) is 38.8 Å². The number of morpholine rings is 1. The largest absolute Gasteiger partial charge is 0.491 e. The van der Waals surface area contributed by atoms with Crippen molar-refractivity contribution in [2.75, 3.05) is 26.3 Å². The molecular weight excluding hydrogens is 309 g/mol. The monoisotopic (exact) mass is 329 g/mol. The Kier molecular flexibility index (Phi) is 5.11. The van der Waals surface area contributed by atoms with E-state index < -0.39 is 0 Å². The number of nitrogens with zero attached hydrogens (tertiary/aromatic N) is 1. The number of aryl methyl sites for hydroxylation is 1. The van der Waals surface area contributed by atoms with Gasteiger partial charge in [-0.15, -0.1) is 0 Å². The lowest BCUT2D eigenvalue weighted by Gasteiger charge is -2.33. The zero-order valence-corrected chi connectivity index (χ0v) is 13.6. The van der Waals surface area contributed by atoms with E-state index in [0.717, 1.165) is 5.56 Å². The molecule has 1 aliphatic rings. The molecular formula is C19H20FNO3. The summed E-state index contributed by atoms with van der Waals surface area (Å²) in [6.07, 6.45) is -0.226. The fourth-order valence-corrected chi connectivity index (χ4v) is 2.63. The highest BCUT2D eigenvalue weighted by molar-refractivity contribution is 5.94. The molecule has 0 aromatic heterocycles. The first-order valence-electron chi connectivity index (χ1n) is 7.98. The number of amides is 1. The van der Waals surface area contributed by atoms with Gasteiger partial charge in [0, 0.05) is 18.2 Å². The van der Waals surface area contributed by atoms with Crippen LogP contribution in [-0.2, 0) is 4.74 Å². The maximum Gasteiger partial charge on any atom is 0.254 e. The van der Waals surface area contributed by atoms with Gasteiger partial charge in [-0.1, -0.05) is 23.8 Å². The third kappa shape index (κ3) is 4.11. The molecule has 0 bridgehead atoms. The predicted octanol–water partition coefficient (Wildman–Crippen LogP) is 3.05. The van der Waals surface area contributed by atoms with E-state index >= 15 is 0 Å². The van der Waals surface area contributed by atoms with Gasteiger partial charge in [-0.2, -0.15) is 0 Å². The Balaban J connectivity index is 1.57. The lowest BCUT2D eigenvalue weighted by molar-refractivity contribution is -0.0401. The van der Waals surface area contributed by atoms with Crippen molar-refractivity contribution in [1.29, 1.82) is 0 Å². The molecule has 0 radical (unpaired) electrons. The SMILES string of the molecule is Cc1ccc(C(=O)N2CCO[C@H](COc3cccc(F)c3)C2)cc1. The molecule has 0 aliphatic carbocycles. The maximum atomic E-state index is 13.2. The molecule has 2 aromatic carbocycles. The third-order valence-electron chi connectivity index (χ3n) is 3.96. The van der Waals surface area contributed by atoms with Crippen molar-refractivity contribution < 1.29 is 18.7 Å². The van der Waals surface area contributed by atoms with Gasteiger partial charge in [0.25, 0.3) is 5.91 Å². The van der Waals surface area contributed by atoms with E-state index in [1.165, 1.54) is 12.1 Å². The predicted molar refractivity (Wildman–Crippen MR) is 88.7 cm³/mol. The molecule has 1 saturated heterocycles. The second-order valence-corrected chi connectivity index (χ2v) is 5.88. The average Bonchev–Trinajstić information content (AvgIpc) is 2.60. The first-order valence-corrected chi connectivity index (χ1v) is 7.98. The average molecular weight is 329 g/mol. The lowest BCUT2D eigenvalue weighted by Crippen LogP contribution is -2.47. The summed E-state index contributed by atoms with van der Waals surface area (Å²) in [7, 11) is 0. The summed E-state index contributed by atoms with van der Waals surface area (Å²) >= 11 is 0. The van der Waals surface area contributed by atoms with Crippen LogP contribution in [0, 0.1) is 12.7 Å². The van der Waals surface area contributed by atoms with Crippen LogP contribution in [0.2, 0.25) is 0 Å². The third-order valence-corrected chi connectivity index (χ3v) is 3.96. The van der Waals surface area contributed by atoms with E-state index in [0.29, 0.717) is 31.0 Å². The molecule has 0 saturated carbocycles. The number of halogens is 1. The van der Waals surface area contributed by atoms with Gasteiger partial charge in [-0.25, -0.2) is 4.39 Å². The second kappa shape index (κ2) is 7.45. The van der Waals surface area contributed by atoms with Crippen LogP contribution in [0.25, 0.3) is 0 Å². The summed E-state index contributed by atoms with van der Waals surface area (Å²) in [5, 5.41) is 0. The smallest absolute Gasteiger partial charge is 0.254 e. The Morgan fingerprint density at radius 1 is 1.29 bits per heavy atom. The molecule has 4 nitrogen and oxygen atoms in total. The molecule has 0 unspecified atom stereocenters. The molecule has 1 fully saturated rings. The summed E-state index contributed by atoms with van der Waals surface area (Å²) in [6, 6.07) is 13.5. The lowest BCUT2D eigenvalue weighted by atomic mass is 10.1. The van der Waals surface area contributed by atoms with Crippen LogP contribution in [0.5, 0.6) is 5.75 Å². The first-order chi connectivity index (χ1) is 11.6. The van der Waals surface area contributed by atoms with Crippen molar-refractivity contribution in [2.45, 2.75) is 13.0 Å². The Morgan fingerprint density at radius 2 is 2.08 bits per heavy atom. The molecule has 1 heterocycles. The van der Waals surface area contributed by atoms with Gasteiger partial charge in [-0.3, -0.25) is 4.79 Å². The summed E-state index contributed by atoms with van der Waals surface area (Å²) in [6.45, 7) is 3.75. The molecule has 126 valence electrons. The molecule has 3 rings (SSSR count). The zero-order valence-electron chi connectivity index (χ0n) is 13.6. The molecule has 5 heteroatoms. The molecule has 0 spiro atoms. The van der Waals surface area contributed by atoms with E-state index in [2.05, 4.69) is 0 Å². The van der Waals surface area contributed by atoms with Gasteiger partial charge in [0.2, 0.25) is 0 Å². The summed E-state index contributed by atoms with van der Waals surface area (Å²) in [5.41, 5.74) is 1.79. The Labute approximate surface area is 140 Å². The van der Waals surface area contributed by atoms with E-state index in [4.69, 9.17) is 9.47 Å². The Hall–Kier alpha value is -2.40. The highest BCUT2D eigenvalue weighted by Crippen LogP contribution is 2.15. The van der Waals surface area contributed by atoms with Crippen molar-refractivity contribution in [2.24, 2.45) is 0 Å². The van der Waals surface area contributed by atoms with E-state index in [1.54, 1.807) is 17.0 Å². The van der Waals surface area contributed by atoms with Crippen LogP contribution in [0.3, 0.4) is 0 Å². The van der Waals surface area contributed by atoms with Gasteiger partial charge in [0.1, 0.15) is 24.3 Å². The van der Waals surface area contributed by atoms with Crippen molar-refractivity contribution in [3.05, 3.63) is 65.5 Å². The molecule has 24 heavy (non-hydrogen) atoms. The zero-order chi connectivity index (χ0) is 16.9. The standard InChI is InChI=1S/C19H20FNO3/c1-14-5-7-15(8-6-14)19(22)21-9-10-23-18(12-21)13-24-17-4-2-3-16(20)11-17/h2-8,11,18H,9-10,12-13H2,1H3/t18-/m0/s1. The normalized spacial score (nSPS) is 17.6. The van der Waals surface area contributed by atoms with Crippen molar-refractivity contribution in [1.82, 2.24) is 4.90 Å². The number of carbonyl (C=O) groups is 1. The number of ether oxygens (including phenoxy) is 2. The minimum Gasteiger partial charge on any atom is -0.491 e. The van der Waals surface area contributed by atoms with Gasteiger partial charge < -0.3 is 14.4 Å². The van der Waals surface area contributed by atoms with Crippen LogP contribution in [0.1, 0.15) is 15.9 Å². The van der Waals surface area contributed by atoms with Crippen molar-refractivity contribution in [3.8, 4) is 5.75 Å². The fraction of sp³-hybridized carbons (Fsp3) is 0.316. The molecule has 1 atom stereocenters. The number of benzene rings is 2. The van der Waals surface area contributed by atoms with Crippen LogP contribution >= 0.6 is 0 Å². The highest BCUT2D eigenvalue weighted by Gasteiger charge is 2.25. The van der Waals surface area contributed by atoms with E-state index in [9.17, 15) is 9.18 Å². The van der Waals surface area contributed by atoms with Crippen LogP contribution in [-0.4, -0.2) is 43.2 Å². The van der Waals surface area contributed by atoms with Crippen LogP contribution in [0.4, 0.5) is 4.39 Å². The second-order valence-electron chi connectivity index (χ2n) is 5.88. The molecule has 1 amide bonds. The Morgan fingerprint density at radius 3 is 2.83 bits per heavy atom. The maximum absolute atomic E-state index is 13.2. The van der Waals surface area contributed by atoms with E-state index in [1.807, 2.05) is 31.2 Å². The molecule has 2 aromatic rings. The van der Waals surface area contributed by atoms with Gasteiger partial charge in [0.05, 0.1) is 13.2 Å². The molecule has 0 N–H and O–H groups in total. The highest BCUT2D eigenvalue weighted by atomic mass is 19.1. The van der Waals surface area contributed by atoms with Gasteiger partial charge in [-0.05, 0) is 31.2 Å². The number of hydrogen-bond acceptors (Lipinski definition) is 3. The number of rotatable bonds is 4. The number of carbonyl (C=O) groups excluding carboxylic acids is 1. The minimum atomic E-state index is -0.340. The van der Waals surface area contributed by atoms with Crippen LogP contribution < -0.4 is 4.74 Å². The quantitative estimate of drug-likeness (QED) is 0.865. The van der Waals surface area contributed by atoms with Crippen molar-refractivity contribution in [3.63, 3.8) is 0 Å². The van der Waals surface area contributed by atoms with E-state index in [-0.39, 0.29) is 24.4 Å². The molecule has 1 aliphatic heterocycles. The first kappa shape index (κ1) is 16.5. The van der Waals surface area contributed by atoms with Gasteiger partial charge in [0.15, 0.2) is 0 Å². The minimum absolute atomic E-state index is 0.00550. The number of hydrogen-bond donors (Lipinski definition) is 0. The van der Waals surface area contributed by atoms with Crippen LogP contribution in [0.15, 0.2) is 48.5 Å². The summed E-state index contributed by atoms with van der Waals surface area (Å²) in [4.78, 5) is 14.3. The summed E-state index contributed by atoms with van der Waals surface area (Å²) < 4.78 is 24.4. The Bertz CT molecular complexity index is 702.